The molecule has 0 aliphatic heterocycles. The first kappa shape index (κ1) is 12.2. The highest BCUT2D eigenvalue weighted by molar-refractivity contribution is 5.46. The van der Waals surface area contributed by atoms with E-state index in [2.05, 4.69) is 17.4 Å². The fourth-order valence-electron chi connectivity index (χ4n) is 1.68. The van der Waals surface area contributed by atoms with E-state index in [-0.39, 0.29) is 0 Å². The number of anilines is 1. The molecule has 0 aliphatic rings. The molecule has 0 bridgehead atoms. The van der Waals surface area contributed by atoms with Gasteiger partial charge in [0.15, 0.2) is 0 Å². The van der Waals surface area contributed by atoms with Crippen LogP contribution in [0.25, 0.3) is 0 Å². The van der Waals surface area contributed by atoms with E-state index in [4.69, 9.17) is 11.0 Å². The quantitative estimate of drug-likeness (QED) is 0.859. The Balaban J connectivity index is 1.97. The van der Waals surface area contributed by atoms with Gasteiger partial charge in [-0.25, -0.2) is 0 Å². The van der Waals surface area contributed by atoms with Gasteiger partial charge in [0, 0.05) is 12.2 Å². The van der Waals surface area contributed by atoms with Gasteiger partial charge in [-0.1, -0.05) is 42.5 Å². The molecule has 2 aromatic rings. The normalized spacial score (nSPS) is 11.6. The van der Waals surface area contributed by atoms with Gasteiger partial charge in [0.25, 0.3) is 0 Å². The second-order valence-corrected chi connectivity index (χ2v) is 4.07. The molecule has 0 radical (unpaired) electrons. The summed E-state index contributed by atoms with van der Waals surface area (Å²) in [6, 6.07) is 19.3. The van der Waals surface area contributed by atoms with Crippen LogP contribution in [-0.4, -0.2) is 0 Å². The molecule has 2 aromatic carbocycles. The molecular formula is C15H15N3. The minimum Gasteiger partial charge on any atom is -0.381 e. The Morgan fingerprint density at radius 1 is 1.06 bits per heavy atom. The largest absolute Gasteiger partial charge is 0.381 e. The molecule has 0 aliphatic carbocycles. The van der Waals surface area contributed by atoms with Crippen molar-refractivity contribution in [1.82, 2.24) is 0 Å². The summed E-state index contributed by atoms with van der Waals surface area (Å²) in [5.41, 5.74) is 8.72. The Bertz CT molecular complexity index is 526. The molecule has 0 amide bonds. The third-order valence-electron chi connectivity index (χ3n) is 2.75. The summed E-state index contributed by atoms with van der Waals surface area (Å²) < 4.78 is 0. The van der Waals surface area contributed by atoms with Crippen molar-refractivity contribution in [2.24, 2.45) is 5.73 Å². The van der Waals surface area contributed by atoms with E-state index in [1.165, 1.54) is 5.56 Å². The summed E-state index contributed by atoms with van der Waals surface area (Å²) in [7, 11) is 0. The Hall–Kier alpha value is -2.31. The highest BCUT2D eigenvalue weighted by Gasteiger charge is 2.02. The predicted molar refractivity (Wildman–Crippen MR) is 72.8 cm³/mol. The van der Waals surface area contributed by atoms with Gasteiger partial charge in [-0.2, -0.15) is 5.26 Å². The van der Waals surface area contributed by atoms with Gasteiger partial charge in [0.2, 0.25) is 0 Å². The van der Waals surface area contributed by atoms with Crippen molar-refractivity contribution in [3.8, 4) is 6.07 Å². The molecule has 3 heteroatoms. The number of benzene rings is 2. The average molecular weight is 237 g/mol. The molecule has 0 unspecified atom stereocenters. The molecule has 2 rings (SSSR count). The van der Waals surface area contributed by atoms with Crippen molar-refractivity contribution in [3.63, 3.8) is 0 Å². The number of hydrogen-bond acceptors (Lipinski definition) is 3. The first-order valence-corrected chi connectivity index (χ1v) is 5.82. The third kappa shape index (κ3) is 3.09. The number of hydrogen-bond donors (Lipinski definition) is 2. The molecule has 1 atom stereocenters. The SMILES string of the molecule is N#C[C@@H](N)c1ccc(NCc2ccccc2)cc1. The second-order valence-electron chi connectivity index (χ2n) is 4.07. The van der Waals surface area contributed by atoms with Gasteiger partial charge in [0.05, 0.1) is 6.07 Å². The van der Waals surface area contributed by atoms with Crippen LogP contribution in [0.5, 0.6) is 0 Å². The smallest absolute Gasteiger partial charge is 0.118 e. The summed E-state index contributed by atoms with van der Waals surface area (Å²) in [6.07, 6.45) is 0. The van der Waals surface area contributed by atoms with Gasteiger partial charge in [-0.15, -0.1) is 0 Å². The van der Waals surface area contributed by atoms with Crippen molar-refractivity contribution >= 4 is 5.69 Å². The van der Waals surface area contributed by atoms with Gasteiger partial charge in [-0.05, 0) is 23.3 Å². The molecule has 0 saturated carbocycles. The maximum atomic E-state index is 8.72. The third-order valence-corrected chi connectivity index (χ3v) is 2.75. The molecule has 0 heterocycles. The lowest BCUT2D eigenvalue weighted by molar-refractivity contribution is 0.926. The van der Waals surface area contributed by atoms with Crippen LogP contribution in [0.4, 0.5) is 5.69 Å². The molecular weight excluding hydrogens is 222 g/mol. The van der Waals surface area contributed by atoms with Crippen molar-refractivity contribution in [1.29, 1.82) is 5.26 Å². The molecule has 90 valence electrons. The van der Waals surface area contributed by atoms with Gasteiger partial charge in [-0.3, -0.25) is 0 Å². The van der Waals surface area contributed by atoms with Gasteiger partial charge >= 0.3 is 0 Å². The highest BCUT2D eigenvalue weighted by atomic mass is 14.9. The summed E-state index contributed by atoms with van der Waals surface area (Å²) >= 11 is 0. The van der Waals surface area contributed by atoms with Crippen molar-refractivity contribution in [2.75, 3.05) is 5.32 Å². The lowest BCUT2D eigenvalue weighted by Crippen LogP contribution is -2.07. The topological polar surface area (TPSA) is 61.8 Å². The lowest BCUT2D eigenvalue weighted by Gasteiger charge is -2.08. The van der Waals surface area contributed by atoms with Crippen LogP contribution in [-0.2, 0) is 6.54 Å². The zero-order chi connectivity index (χ0) is 12.8. The molecule has 0 fully saturated rings. The summed E-state index contributed by atoms with van der Waals surface area (Å²) in [6.45, 7) is 0.782. The molecule has 3 nitrogen and oxygen atoms in total. The molecule has 0 spiro atoms. The lowest BCUT2D eigenvalue weighted by atomic mass is 10.1. The van der Waals surface area contributed by atoms with E-state index in [1.54, 1.807) is 0 Å². The van der Waals surface area contributed by atoms with Crippen LogP contribution in [0, 0.1) is 11.3 Å². The fraction of sp³-hybridized carbons (Fsp3) is 0.133. The number of nitrogens with zero attached hydrogens (tertiary/aromatic N) is 1. The average Bonchev–Trinajstić information content (AvgIpc) is 2.46. The van der Waals surface area contributed by atoms with E-state index in [0.29, 0.717) is 0 Å². The van der Waals surface area contributed by atoms with Gasteiger partial charge < -0.3 is 11.1 Å². The maximum Gasteiger partial charge on any atom is 0.118 e. The van der Waals surface area contributed by atoms with E-state index in [9.17, 15) is 0 Å². The Labute approximate surface area is 107 Å². The molecule has 0 aromatic heterocycles. The Morgan fingerprint density at radius 2 is 1.72 bits per heavy atom. The Kier molecular flexibility index (Phi) is 3.95. The van der Waals surface area contributed by atoms with Crippen LogP contribution in [0.2, 0.25) is 0 Å². The summed E-state index contributed by atoms with van der Waals surface area (Å²) in [5.74, 6) is 0. The van der Waals surface area contributed by atoms with E-state index in [1.807, 2.05) is 48.5 Å². The monoisotopic (exact) mass is 237 g/mol. The second kappa shape index (κ2) is 5.85. The minimum absolute atomic E-state index is 0.548. The van der Waals surface area contributed by atoms with Crippen LogP contribution < -0.4 is 11.1 Å². The maximum absolute atomic E-state index is 8.72. The highest BCUT2D eigenvalue weighted by Crippen LogP contribution is 2.15. The molecule has 3 N–H and O–H groups in total. The molecule has 0 saturated heterocycles. The zero-order valence-corrected chi connectivity index (χ0v) is 10.0. The van der Waals surface area contributed by atoms with Crippen molar-refractivity contribution < 1.29 is 0 Å². The fourth-order valence-corrected chi connectivity index (χ4v) is 1.68. The van der Waals surface area contributed by atoms with E-state index >= 15 is 0 Å². The number of nitrogens with two attached hydrogens (primary N) is 1. The Morgan fingerprint density at radius 3 is 2.33 bits per heavy atom. The van der Waals surface area contributed by atoms with Crippen LogP contribution in [0.15, 0.2) is 54.6 Å². The van der Waals surface area contributed by atoms with Crippen LogP contribution in [0.3, 0.4) is 0 Å². The summed E-state index contributed by atoms with van der Waals surface area (Å²) in [4.78, 5) is 0. The number of rotatable bonds is 4. The van der Waals surface area contributed by atoms with E-state index < -0.39 is 6.04 Å². The first-order chi connectivity index (χ1) is 8.79. The minimum atomic E-state index is -0.548. The van der Waals surface area contributed by atoms with Crippen molar-refractivity contribution in [2.45, 2.75) is 12.6 Å². The standard InChI is InChI=1S/C15H15N3/c16-10-15(17)13-6-8-14(9-7-13)18-11-12-4-2-1-3-5-12/h1-9,15,18H,11,17H2/t15-/m1/s1. The number of nitriles is 1. The number of nitrogens with one attached hydrogen (secondary N) is 1. The first-order valence-electron chi connectivity index (χ1n) is 5.82. The van der Waals surface area contributed by atoms with Gasteiger partial charge in [0.1, 0.15) is 6.04 Å². The van der Waals surface area contributed by atoms with Crippen LogP contribution in [0.1, 0.15) is 17.2 Å². The summed E-state index contributed by atoms with van der Waals surface area (Å²) in [5, 5.41) is 12.0. The molecule has 18 heavy (non-hydrogen) atoms. The van der Waals surface area contributed by atoms with Crippen LogP contribution >= 0.6 is 0 Å². The predicted octanol–water partition coefficient (Wildman–Crippen LogP) is 2.82. The van der Waals surface area contributed by atoms with E-state index in [0.717, 1.165) is 17.8 Å². The van der Waals surface area contributed by atoms with Crippen molar-refractivity contribution in [3.05, 3.63) is 65.7 Å². The zero-order valence-electron chi connectivity index (χ0n) is 10.0.